The molecule has 0 aromatic rings. The van der Waals surface area contributed by atoms with Crippen molar-refractivity contribution in [3.63, 3.8) is 0 Å². The van der Waals surface area contributed by atoms with E-state index in [2.05, 4.69) is 20.9 Å². The summed E-state index contributed by atoms with van der Waals surface area (Å²) in [6.45, 7) is 2.75. The van der Waals surface area contributed by atoms with Crippen LogP contribution in [0.2, 0.25) is 0 Å². The summed E-state index contributed by atoms with van der Waals surface area (Å²) in [7, 11) is 0. The Morgan fingerprint density at radius 3 is 1.91 bits per heavy atom. The average molecular weight is 475 g/mol. The molecule has 0 rings (SSSR count). The average Bonchev–Trinajstić information content (AvgIpc) is 2.69. The van der Waals surface area contributed by atoms with Gasteiger partial charge < -0.3 is 49.1 Å². The number of hydrogen-bond acceptors (Lipinski definition) is 8. The third-order valence-corrected chi connectivity index (χ3v) is 4.35. The second-order valence-corrected chi connectivity index (χ2v) is 7.43. The van der Waals surface area contributed by atoms with E-state index in [1.807, 2.05) is 0 Å². The molecule has 0 aromatic carbocycles. The van der Waals surface area contributed by atoms with Crippen LogP contribution in [0.1, 0.15) is 39.5 Å². The molecule has 0 aromatic heterocycles. The Balaban J connectivity index is 5.40. The zero-order chi connectivity index (χ0) is 25.7. The van der Waals surface area contributed by atoms with Crippen molar-refractivity contribution in [2.24, 2.45) is 27.9 Å². The molecule has 5 unspecified atom stereocenters. The molecule has 0 bridgehead atoms. The number of carboxylic acids is 1. The molecule has 5 atom stereocenters. The Labute approximate surface area is 190 Å². The number of carbonyl (C=O) groups is 5. The van der Waals surface area contributed by atoms with E-state index >= 15 is 0 Å². The number of nitrogens with one attached hydrogen (secondary N) is 3. The third-order valence-electron chi connectivity index (χ3n) is 4.35. The normalized spacial score (nSPS) is 15.2. The fraction of sp³-hybridized carbons (Fsp3) is 0.667. The molecule has 13 N–H and O–H groups in total. The number of nitrogens with zero attached hydrogens (tertiary/aromatic N) is 1. The Morgan fingerprint density at radius 1 is 0.879 bits per heavy atom. The van der Waals surface area contributed by atoms with Crippen LogP contribution in [-0.2, 0) is 24.0 Å². The molecule has 0 aliphatic rings. The molecule has 0 fully saturated rings. The van der Waals surface area contributed by atoms with Gasteiger partial charge in [-0.3, -0.25) is 24.2 Å². The minimum Gasteiger partial charge on any atom is -0.480 e. The topological polar surface area (TPSA) is 278 Å². The van der Waals surface area contributed by atoms with Crippen molar-refractivity contribution in [1.82, 2.24) is 16.0 Å². The maximum Gasteiger partial charge on any atom is 0.326 e. The molecule has 33 heavy (non-hydrogen) atoms. The number of nitrogens with two attached hydrogens (primary N) is 4. The SMILES string of the molecule is CC(N)C(=O)NC(C(=O)NC(CCC(N)=O)C(=O)NC(CCCN=C(N)N)C(=O)O)C(C)O. The first-order chi connectivity index (χ1) is 15.3. The maximum absolute atomic E-state index is 12.7. The largest absolute Gasteiger partial charge is 0.480 e. The number of hydrogen-bond donors (Lipinski definition) is 9. The summed E-state index contributed by atoms with van der Waals surface area (Å²) in [6.07, 6.45) is -1.68. The number of carbonyl (C=O) groups excluding carboxylic acids is 4. The van der Waals surface area contributed by atoms with Crippen molar-refractivity contribution >= 4 is 35.6 Å². The van der Waals surface area contributed by atoms with Crippen molar-refractivity contribution in [3.05, 3.63) is 0 Å². The molecule has 15 nitrogen and oxygen atoms in total. The number of aliphatic hydroxyl groups excluding tert-OH is 1. The summed E-state index contributed by atoms with van der Waals surface area (Å²) in [4.78, 5) is 63.5. The van der Waals surface area contributed by atoms with Crippen LogP contribution >= 0.6 is 0 Å². The van der Waals surface area contributed by atoms with Crippen LogP contribution in [0.5, 0.6) is 0 Å². The lowest BCUT2D eigenvalue weighted by Crippen LogP contribution is -2.59. The second kappa shape index (κ2) is 14.6. The number of aliphatic hydroxyl groups is 1. The van der Waals surface area contributed by atoms with Gasteiger partial charge in [-0.15, -0.1) is 0 Å². The van der Waals surface area contributed by atoms with Crippen LogP contribution in [0, 0.1) is 0 Å². The number of carboxylic acid groups (broad SMARTS) is 1. The zero-order valence-electron chi connectivity index (χ0n) is 18.6. The van der Waals surface area contributed by atoms with Gasteiger partial charge in [0.2, 0.25) is 23.6 Å². The highest BCUT2D eigenvalue weighted by molar-refractivity contribution is 5.94. The molecule has 0 spiro atoms. The first-order valence-corrected chi connectivity index (χ1v) is 10.2. The van der Waals surface area contributed by atoms with E-state index < -0.39 is 59.9 Å². The molecular formula is C18H34N8O7. The van der Waals surface area contributed by atoms with E-state index in [-0.39, 0.29) is 38.2 Å². The third kappa shape index (κ3) is 12.2. The van der Waals surface area contributed by atoms with Crippen molar-refractivity contribution in [1.29, 1.82) is 0 Å². The lowest BCUT2D eigenvalue weighted by molar-refractivity contribution is -0.142. The Hall–Kier alpha value is -3.46. The summed E-state index contributed by atoms with van der Waals surface area (Å²) in [5.41, 5.74) is 21.0. The molecule has 0 aliphatic carbocycles. The van der Waals surface area contributed by atoms with E-state index in [1.54, 1.807) is 0 Å². The van der Waals surface area contributed by atoms with Gasteiger partial charge in [0.15, 0.2) is 5.96 Å². The predicted octanol–water partition coefficient (Wildman–Crippen LogP) is -4.43. The quantitative estimate of drug-likeness (QED) is 0.0623. The summed E-state index contributed by atoms with van der Waals surface area (Å²) < 4.78 is 0. The van der Waals surface area contributed by atoms with Crippen LogP contribution in [0.25, 0.3) is 0 Å². The second-order valence-electron chi connectivity index (χ2n) is 7.43. The van der Waals surface area contributed by atoms with E-state index in [4.69, 9.17) is 22.9 Å². The van der Waals surface area contributed by atoms with E-state index in [0.717, 1.165) is 0 Å². The van der Waals surface area contributed by atoms with E-state index in [0.29, 0.717) is 0 Å². The molecule has 15 heteroatoms. The van der Waals surface area contributed by atoms with E-state index in [1.165, 1.54) is 13.8 Å². The van der Waals surface area contributed by atoms with Crippen molar-refractivity contribution in [3.8, 4) is 0 Å². The molecule has 0 aliphatic heterocycles. The van der Waals surface area contributed by atoms with Crippen molar-refractivity contribution in [2.75, 3.05) is 6.54 Å². The monoisotopic (exact) mass is 474 g/mol. The van der Waals surface area contributed by atoms with Crippen molar-refractivity contribution in [2.45, 2.75) is 69.8 Å². The number of aliphatic imine (C=N–C) groups is 1. The summed E-state index contributed by atoms with van der Waals surface area (Å²) in [6, 6.07) is -5.13. The van der Waals surface area contributed by atoms with Crippen LogP contribution in [0.15, 0.2) is 4.99 Å². The smallest absolute Gasteiger partial charge is 0.326 e. The maximum atomic E-state index is 12.7. The number of guanidine groups is 1. The number of amides is 4. The Morgan fingerprint density at radius 2 is 1.45 bits per heavy atom. The lowest BCUT2D eigenvalue weighted by Gasteiger charge is -2.26. The van der Waals surface area contributed by atoms with Gasteiger partial charge in [-0.05, 0) is 33.1 Å². The number of rotatable bonds is 15. The highest BCUT2D eigenvalue weighted by Crippen LogP contribution is 2.05. The molecule has 4 amide bonds. The first-order valence-electron chi connectivity index (χ1n) is 10.2. The number of primary amides is 1. The van der Waals surface area contributed by atoms with Crippen LogP contribution in [0.4, 0.5) is 0 Å². The van der Waals surface area contributed by atoms with Crippen LogP contribution in [-0.4, -0.2) is 82.6 Å². The fourth-order valence-electron chi connectivity index (χ4n) is 2.54. The highest BCUT2D eigenvalue weighted by atomic mass is 16.4. The summed E-state index contributed by atoms with van der Waals surface area (Å²) in [5, 5.41) is 26.1. The first kappa shape index (κ1) is 29.5. The highest BCUT2D eigenvalue weighted by Gasteiger charge is 2.32. The summed E-state index contributed by atoms with van der Waals surface area (Å²) >= 11 is 0. The fourth-order valence-corrected chi connectivity index (χ4v) is 2.54. The van der Waals surface area contributed by atoms with Gasteiger partial charge in [0.25, 0.3) is 0 Å². The zero-order valence-corrected chi connectivity index (χ0v) is 18.6. The van der Waals surface area contributed by atoms with Gasteiger partial charge in [-0.1, -0.05) is 0 Å². The van der Waals surface area contributed by atoms with Crippen LogP contribution in [0.3, 0.4) is 0 Å². The molecule has 188 valence electrons. The van der Waals surface area contributed by atoms with Gasteiger partial charge in [0.05, 0.1) is 12.1 Å². The van der Waals surface area contributed by atoms with Crippen LogP contribution < -0.4 is 38.9 Å². The summed E-state index contributed by atoms with van der Waals surface area (Å²) in [5.74, 6) is -4.82. The molecule has 0 saturated carbocycles. The Bertz CT molecular complexity index is 737. The van der Waals surface area contributed by atoms with Gasteiger partial charge in [-0.2, -0.15) is 0 Å². The Kier molecular flexibility index (Phi) is 13.0. The number of aliphatic carboxylic acids is 1. The lowest BCUT2D eigenvalue weighted by atomic mass is 10.1. The van der Waals surface area contributed by atoms with Gasteiger partial charge >= 0.3 is 5.97 Å². The van der Waals surface area contributed by atoms with Gasteiger partial charge in [-0.25, -0.2) is 4.79 Å². The molecular weight excluding hydrogens is 440 g/mol. The van der Waals surface area contributed by atoms with Crippen molar-refractivity contribution < 1.29 is 34.2 Å². The standard InChI is InChI=1S/C18H34N8O7/c1-8(19)14(29)26-13(9(2)27)16(31)24-10(5-6-12(20)28)15(30)25-11(17(32)33)4-3-7-23-18(21)22/h8-11,13,27H,3-7,19H2,1-2H3,(H2,20,28)(H,24,31)(H,25,30)(H,26,29)(H,32,33)(H4,21,22,23). The predicted molar refractivity (Wildman–Crippen MR) is 117 cm³/mol. The van der Waals surface area contributed by atoms with E-state index in [9.17, 15) is 34.2 Å². The molecule has 0 heterocycles. The van der Waals surface area contributed by atoms with Gasteiger partial charge in [0.1, 0.15) is 18.1 Å². The van der Waals surface area contributed by atoms with Gasteiger partial charge in [0, 0.05) is 13.0 Å². The minimum absolute atomic E-state index is 0.0188. The molecule has 0 saturated heterocycles. The minimum atomic E-state index is -1.46. The molecule has 0 radical (unpaired) electrons.